The van der Waals surface area contributed by atoms with E-state index in [0.717, 1.165) is 49.5 Å². The molecule has 0 atom stereocenters. The lowest BCUT2D eigenvalue weighted by Crippen LogP contribution is -2.25. The summed E-state index contributed by atoms with van der Waals surface area (Å²) in [6, 6.07) is 72.0. The van der Waals surface area contributed by atoms with Crippen molar-refractivity contribution >= 4 is 32.3 Å². The molecular weight excluding hydrogens is 741 g/mol. The van der Waals surface area contributed by atoms with Crippen LogP contribution in [0.25, 0.3) is 100.0 Å². The number of hydrogen-bond donors (Lipinski definition) is 0. The van der Waals surface area contributed by atoms with Gasteiger partial charge >= 0.3 is 0 Å². The van der Waals surface area contributed by atoms with Crippen molar-refractivity contribution in [2.24, 2.45) is 0 Å². The van der Waals surface area contributed by atoms with Gasteiger partial charge < -0.3 is 0 Å². The van der Waals surface area contributed by atoms with Gasteiger partial charge in [-0.3, -0.25) is 4.98 Å². The lowest BCUT2D eigenvalue weighted by Gasteiger charge is -2.30. The van der Waals surface area contributed by atoms with Gasteiger partial charge in [0, 0.05) is 33.8 Å². The molecule has 0 aliphatic heterocycles. The van der Waals surface area contributed by atoms with Crippen LogP contribution in [0, 0.1) is 0 Å². The second-order valence-electron chi connectivity index (χ2n) is 16.2. The van der Waals surface area contributed by atoms with Crippen LogP contribution in [0.3, 0.4) is 0 Å². The third-order valence-corrected chi connectivity index (χ3v) is 12.9. The van der Waals surface area contributed by atoms with E-state index in [4.69, 9.17) is 19.9 Å². The van der Waals surface area contributed by atoms with Crippen molar-refractivity contribution < 1.29 is 0 Å². The molecule has 9 aromatic carbocycles. The minimum absolute atomic E-state index is 0.470. The van der Waals surface area contributed by atoms with Crippen molar-refractivity contribution in [3.05, 3.63) is 229 Å². The van der Waals surface area contributed by atoms with Crippen molar-refractivity contribution in [2.75, 3.05) is 0 Å². The lowest BCUT2D eigenvalue weighted by atomic mass is 9.70. The highest BCUT2D eigenvalue weighted by Crippen LogP contribution is 2.63. The topological polar surface area (TPSA) is 51.6 Å². The Hall–Kier alpha value is -8.08. The number of rotatable bonds is 4. The fourth-order valence-corrected chi connectivity index (χ4v) is 10.1. The van der Waals surface area contributed by atoms with E-state index >= 15 is 0 Å². The average molecular weight is 775 g/mol. The molecule has 2 aromatic heterocycles. The maximum Gasteiger partial charge on any atom is 0.164 e. The van der Waals surface area contributed by atoms with Crippen LogP contribution in [-0.2, 0) is 5.41 Å². The normalized spacial score (nSPS) is 13.0. The molecule has 0 unspecified atom stereocenters. The van der Waals surface area contributed by atoms with Crippen LogP contribution in [0.2, 0.25) is 0 Å². The molecule has 2 aliphatic carbocycles. The van der Waals surface area contributed by atoms with E-state index < -0.39 is 5.41 Å². The summed E-state index contributed by atoms with van der Waals surface area (Å²) in [6.07, 6.45) is 1.95. The van der Waals surface area contributed by atoms with Gasteiger partial charge in [0.2, 0.25) is 0 Å². The molecule has 0 amide bonds. The van der Waals surface area contributed by atoms with Crippen LogP contribution >= 0.6 is 0 Å². The van der Waals surface area contributed by atoms with E-state index in [9.17, 15) is 0 Å². The number of fused-ring (bicyclic) bond motifs is 13. The van der Waals surface area contributed by atoms with Gasteiger partial charge in [-0.05, 0) is 102 Å². The number of benzene rings is 9. The first kappa shape index (κ1) is 33.8. The zero-order chi connectivity index (χ0) is 40.1. The van der Waals surface area contributed by atoms with Gasteiger partial charge in [-0.25, -0.2) is 15.0 Å². The van der Waals surface area contributed by atoms with E-state index in [-0.39, 0.29) is 0 Å². The summed E-state index contributed by atoms with van der Waals surface area (Å²) in [6.45, 7) is 0. The van der Waals surface area contributed by atoms with Gasteiger partial charge in [0.1, 0.15) is 0 Å². The molecule has 0 saturated heterocycles. The van der Waals surface area contributed by atoms with Gasteiger partial charge in [0.15, 0.2) is 17.5 Å². The maximum absolute atomic E-state index is 5.33. The van der Waals surface area contributed by atoms with Gasteiger partial charge in [-0.1, -0.05) is 170 Å². The molecule has 4 nitrogen and oxygen atoms in total. The zero-order valence-corrected chi connectivity index (χ0v) is 32.9. The summed E-state index contributed by atoms with van der Waals surface area (Å²) in [5.41, 5.74) is 14.6. The Labute approximate surface area is 352 Å². The monoisotopic (exact) mass is 774 g/mol. The SMILES string of the molecule is c1ccc2c(c1)-c1ccccc1C21c2ccccc2-c2ccc(-c3nc(-c4ccc5ccccc5c4)nc(-c4ccc5ccc(-c6cc7ccccc7cn6)cc5c4)n3)cc21. The molecule has 11 aromatic rings. The summed E-state index contributed by atoms with van der Waals surface area (Å²) in [4.78, 5) is 20.7. The standard InChI is InChI=1S/C57H34N4/c1-2-12-37-29-40(25-22-35(37)11-1)54-59-55(41-26-23-36-21-24-39(30-44(36)31-41)53-33-38-13-3-4-14-43(38)34-58-53)61-56(60-54)42-27-28-48-47-17-7-10-20-51(47)57(52(48)32-42)49-18-8-5-15-45(49)46-16-6-9-19-50(46)57/h1-34H. The second kappa shape index (κ2) is 13.0. The van der Waals surface area contributed by atoms with Crippen molar-refractivity contribution in [1.82, 2.24) is 19.9 Å². The first-order chi connectivity index (χ1) is 30.2. The quantitative estimate of drug-likeness (QED) is 0.179. The first-order valence-corrected chi connectivity index (χ1v) is 20.8. The minimum Gasteiger partial charge on any atom is -0.256 e. The Bertz CT molecular complexity index is 3560. The predicted octanol–water partition coefficient (Wildman–Crippen LogP) is 13.7. The molecule has 1 spiro atoms. The van der Waals surface area contributed by atoms with Crippen LogP contribution in [0.5, 0.6) is 0 Å². The molecule has 2 heterocycles. The van der Waals surface area contributed by atoms with E-state index in [2.05, 4.69) is 194 Å². The molecule has 0 fully saturated rings. The number of hydrogen-bond acceptors (Lipinski definition) is 4. The van der Waals surface area contributed by atoms with E-state index in [1.165, 1.54) is 55.3 Å². The number of aromatic nitrogens is 4. The third kappa shape index (κ3) is 5.06. The summed E-state index contributed by atoms with van der Waals surface area (Å²) < 4.78 is 0. The van der Waals surface area contributed by atoms with Crippen LogP contribution < -0.4 is 0 Å². The zero-order valence-electron chi connectivity index (χ0n) is 32.9. The Morgan fingerprint density at radius 1 is 0.279 bits per heavy atom. The maximum atomic E-state index is 5.33. The Kier molecular flexibility index (Phi) is 7.19. The van der Waals surface area contributed by atoms with E-state index in [1.54, 1.807) is 0 Å². The van der Waals surface area contributed by atoms with Crippen molar-refractivity contribution in [1.29, 1.82) is 0 Å². The van der Waals surface area contributed by atoms with Crippen LogP contribution in [-0.4, -0.2) is 19.9 Å². The highest BCUT2D eigenvalue weighted by atomic mass is 15.0. The van der Waals surface area contributed by atoms with E-state index in [1.807, 2.05) is 12.3 Å². The van der Waals surface area contributed by atoms with Crippen molar-refractivity contribution in [3.63, 3.8) is 0 Å². The summed E-state index contributed by atoms with van der Waals surface area (Å²) in [5, 5.41) is 6.84. The van der Waals surface area contributed by atoms with Gasteiger partial charge in [-0.2, -0.15) is 0 Å². The van der Waals surface area contributed by atoms with Crippen molar-refractivity contribution in [3.8, 4) is 67.7 Å². The number of pyridine rings is 1. The van der Waals surface area contributed by atoms with Crippen molar-refractivity contribution in [2.45, 2.75) is 5.41 Å². The van der Waals surface area contributed by atoms with Gasteiger partial charge in [0.25, 0.3) is 0 Å². The highest BCUT2D eigenvalue weighted by molar-refractivity contribution is 5.96. The molecule has 0 radical (unpaired) electrons. The smallest absolute Gasteiger partial charge is 0.164 e. The third-order valence-electron chi connectivity index (χ3n) is 12.9. The predicted molar refractivity (Wildman–Crippen MR) is 248 cm³/mol. The molecule has 13 rings (SSSR count). The minimum atomic E-state index is -0.470. The number of nitrogens with zero attached hydrogens (tertiary/aromatic N) is 4. The van der Waals surface area contributed by atoms with Crippen LogP contribution in [0.1, 0.15) is 22.3 Å². The highest BCUT2D eigenvalue weighted by Gasteiger charge is 2.51. The lowest BCUT2D eigenvalue weighted by molar-refractivity contribution is 0.794. The first-order valence-electron chi connectivity index (χ1n) is 20.8. The average Bonchev–Trinajstić information content (AvgIpc) is 3.80. The van der Waals surface area contributed by atoms with Crippen LogP contribution in [0.4, 0.5) is 0 Å². The fourth-order valence-electron chi connectivity index (χ4n) is 10.1. The molecule has 0 N–H and O–H groups in total. The van der Waals surface area contributed by atoms with Crippen LogP contribution in [0.15, 0.2) is 206 Å². The molecule has 0 bridgehead atoms. The van der Waals surface area contributed by atoms with E-state index in [0.29, 0.717) is 17.5 Å². The molecule has 2 aliphatic rings. The summed E-state index contributed by atoms with van der Waals surface area (Å²) >= 11 is 0. The molecule has 4 heteroatoms. The largest absolute Gasteiger partial charge is 0.256 e. The van der Waals surface area contributed by atoms with Gasteiger partial charge in [-0.15, -0.1) is 0 Å². The summed E-state index contributed by atoms with van der Waals surface area (Å²) in [7, 11) is 0. The Morgan fingerprint density at radius 3 is 1.30 bits per heavy atom. The second-order valence-corrected chi connectivity index (χ2v) is 16.2. The molecule has 282 valence electrons. The summed E-state index contributed by atoms with van der Waals surface area (Å²) in [5.74, 6) is 1.89. The molecule has 0 saturated carbocycles. The Morgan fingerprint density at radius 2 is 0.689 bits per heavy atom. The molecular formula is C57H34N4. The Balaban J connectivity index is 1.01. The van der Waals surface area contributed by atoms with Gasteiger partial charge in [0.05, 0.1) is 11.1 Å². The fraction of sp³-hybridized carbons (Fsp3) is 0.0175. The molecule has 61 heavy (non-hydrogen) atoms.